The molecule has 0 aliphatic heterocycles. The fraction of sp³-hybridized carbons (Fsp3) is 0.0800. The van der Waals surface area contributed by atoms with Crippen molar-refractivity contribution in [2.24, 2.45) is 0 Å². The van der Waals surface area contributed by atoms with Gasteiger partial charge in [0.25, 0.3) is 0 Å². The molecule has 4 rings (SSSR count). The van der Waals surface area contributed by atoms with E-state index in [1.54, 1.807) is 6.08 Å². The first kappa shape index (κ1) is 17.0. The van der Waals surface area contributed by atoms with Crippen LogP contribution >= 0.6 is 0 Å². The Bertz CT molecular complexity index is 1020. The van der Waals surface area contributed by atoms with Gasteiger partial charge in [0, 0.05) is 11.8 Å². The maximum Gasteiger partial charge on any atom is 0.336 e. The molecule has 132 valence electrons. The lowest BCUT2D eigenvalue weighted by atomic mass is 9.71. The number of fused-ring (bicyclic) bond motifs is 1. The van der Waals surface area contributed by atoms with E-state index in [9.17, 15) is 9.90 Å². The molecular weight excluding hydrogens is 332 g/mol. The molecule has 2 nitrogen and oxygen atoms in total. The Balaban J connectivity index is 1.97. The van der Waals surface area contributed by atoms with E-state index >= 15 is 0 Å². The lowest BCUT2D eigenvalue weighted by molar-refractivity contribution is 0.0696. The van der Waals surface area contributed by atoms with E-state index in [2.05, 4.69) is 43.0 Å². The van der Waals surface area contributed by atoms with Crippen LogP contribution in [0.15, 0.2) is 85.5 Å². The highest BCUT2D eigenvalue weighted by atomic mass is 16.4. The van der Waals surface area contributed by atoms with E-state index in [-0.39, 0.29) is 11.8 Å². The number of rotatable bonds is 4. The molecule has 0 amide bonds. The highest BCUT2D eigenvalue weighted by Crippen LogP contribution is 2.45. The minimum atomic E-state index is -0.920. The Morgan fingerprint density at radius 2 is 1.52 bits per heavy atom. The van der Waals surface area contributed by atoms with Crippen LogP contribution in [-0.4, -0.2) is 11.1 Å². The van der Waals surface area contributed by atoms with Gasteiger partial charge in [0.1, 0.15) is 0 Å². The molecular formula is C25H20O2. The molecule has 2 heteroatoms. The van der Waals surface area contributed by atoms with E-state index in [4.69, 9.17) is 0 Å². The molecule has 1 aliphatic carbocycles. The summed E-state index contributed by atoms with van der Waals surface area (Å²) in [5, 5.41) is 9.81. The van der Waals surface area contributed by atoms with E-state index in [1.807, 2.05) is 48.5 Å². The van der Waals surface area contributed by atoms with Crippen LogP contribution in [-0.2, 0) is 0 Å². The van der Waals surface area contributed by atoms with Crippen LogP contribution in [0.1, 0.15) is 50.0 Å². The van der Waals surface area contributed by atoms with Crippen LogP contribution in [0.4, 0.5) is 0 Å². The Morgan fingerprint density at radius 3 is 2.11 bits per heavy atom. The molecule has 0 spiro atoms. The van der Waals surface area contributed by atoms with E-state index in [1.165, 1.54) is 11.1 Å². The standard InChI is InChI=1S/C25H20O2/c1-2-17-13-14-21-22(24(17)25(26)27)16-15-20(18-9-5-3-6-10-18)23(21)19-11-7-4-8-12-19/h2-16,20,23H,1H2,(H,26,27). The second-order valence-electron chi connectivity index (χ2n) is 6.73. The van der Waals surface area contributed by atoms with Gasteiger partial charge in [-0.2, -0.15) is 0 Å². The Morgan fingerprint density at radius 1 is 0.889 bits per heavy atom. The van der Waals surface area contributed by atoms with E-state index in [0.29, 0.717) is 11.1 Å². The zero-order chi connectivity index (χ0) is 18.8. The smallest absolute Gasteiger partial charge is 0.336 e. The van der Waals surface area contributed by atoms with Crippen LogP contribution in [0.25, 0.3) is 12.2 Å². The normalized spacial score (nSPS) is 17.9. The zero-order valence-electron chi connectivity index (χ0n) is 14.9. The van der Waals surface area contributed by atoms with Crippen molar-refractivity contribution in [1.29, 1.82) is 0 Å². The first-order chi connectivity index (χ1) is 13.2. The number of carboxylic acids is 1. The molecule has 2 unspecified atom stereocenters. The minimum Gasteiger partial charge on any atom is -0.478 e. The van der Waals surface area contributed by atoms with Gasteiger partial charge in [-0.25, -0.2) is 4.79 Å². The van der Waals surface area contributed by atoms with Gasteiger partial charge in [0.2, 0.25) is 0 Å². The largest absolute Gasteiger partial charge is 0.478 e. The number of hydrogen-bond donors (Lipinski definition) is 1. The summed E-state index contributed by atoms with van der Waals surface area (Å²) in [6.45, 7) is 3.78. The Labute approximate surface area is 159 Å². The molecule has 1 aliphatic rings. The summed E-state index contributed by atoms with van der Waals surface area (Å²) >= 11 is 0. The highest BCUT2D eigenvalue weighted by molar-refractivity contribution is 5.97. The number of carbonyl (C=O) groups is 1. The van der Waals surface area contributed by atoms with Gasteiger partial charge in [0.15, 0.2) is 0 Å². The first-order valence-electron chi connectivity index (χ1n) is 9.01. The van der Waals surface area contributed by atoms with Gasteiger partial charge in [0.05, 0.1) is 5.56 Å². The molecule has 27 heavy (non-hydrogen) atoms. The second kappa shape index (κ2) is 7.08. The van der Waals surface area contributed by atoms with Gasteiger partial charge in [-0.3, -0.25) is 0 Å². The number of carboxylic acid groups (broad SMARTS) is 1. The predicted molar refractivity (Wildman–Crippen MR) is 110 cm³/mol. The van der Waals surface area contributed by atoms with Crippen LogP contribution < -0.4 is 0 Å². The number of hydrogen-bond acceptors (Lipinski definition) is 1. The van der Waals surface area contributed by atoms with Crippen LogP contribution in [0.5, 0.6) is 0 Å². The first-order valence-corrected chi connectivity index (χ1v) is 9.01. The van der Waals surface area contributed by atoms with Crippen molar-refractivity contribution in [3.8, 4) is 0 Å². The number of benzene rings is 3. The molecule has 3 aromatic carbocycles. The SMILES string of the molecule is C=Cc1ccc2c(c1C(=O)O)C=CC(c1ccccc1)C2c1ccccc1. The molecule has 0 heterocycles. The highest BCUT2D eigenvalue weighted by Gasteiger charge is 2.31. The fourth-order valence-electron chi connectivity index (χ4n) is 4.04. The number of allylic oxidation sites excluding steroid dienone is 1. The van der Waals surface area contributed by atoms with Gasteiger partial charge in [-0.15, -0.1) is 0 Å². The summed E-state index contributed by atoms with van der Waals surface area (Å²) < 4.78 is 0. The van der Waals surface area contributed by atoms with Crippen molar-refractivity contribution in [1.82, 2.24) is 0 Å². The predicted octanol–water partition coefficient (Wildman–Crippen LogP) is 5.97. The third-order valence-electron chi connectivity index (χ3n) is 5.25. The molecule has 0 fully saturated rings. The summed E-state index contributed by atoms with van der Waals surface area (Å²) in [6.07, 6.45) is 5.70. The quantitative estimate of drug-likeness (QED) is 0.628. The molecule has 0 bridgehead atoms. The molecule has 0 saturated heterocycles. The number of aromatic carboxylic acids is 1. The van der Waals surface area contributed by atoms with Crippen molar-refractivity contribution < 1.29 is 9.90 Å². The van der Waals surface area contributed by atoms with Crippen molar-refractivity contribution >= 4 is 18.1 Å². The van der Waals surface area contributed by atoms with Gasteiger partial charge >= 0.3 is 5.97 Å². The van der Waals surface area contributed by atoms with Crippen molar-refractivity contribution in [2.75, 3.05) is 0 Å². The summed E-state index contributed by atoms with van der Waals surface area (Å²) in [7, 11) is 0. The van der Waals surface area contributed by atoms with Crippen LogP contribution in [0.2, 0.25) is 0 Å². The van der Waals surface area contributed by atoms with E-state index < -0.39 is 5.97 Å². The summed E-state index contributed by atoms with van der Waals surface area (Å²) in [4.78, 5) is 12.0. The van der Waals surface area contributed by atoms with Crippen molar-refractivity contribution in [3.05, 3.63) is 119 Å². The average molecular weight is 352 g/mol. The average Bonchev–Trinajstić information content (AvgIpc) is 2.73. The lowest BCUT2D eigenvalue weighted by Crippen LogP contribution is -2.18. The second-order valence-corrected chi connectivity index (χ2v) is 6.73. The molecule has 1 N–H and O–H groups in total. The molecule has 2 atom stereocenters. The topological polar surface area (TPSA) is 37.3 Å². The Hall–Kier alpha value is -3.39. The van der Waals surface area contributed by atoms with E-state index in [0.717, 1.165) is 11.1 Å². The summed E-state index contributed by atoms with van der Waals surface area (Å²) in [6, 6.07) is 24.6. The van der Waals surface area contributed by atoms with Gasteiger partial charge in [-0.05, 0) is 27.8 Å². The van der Waals surface area contributed by atoms with Crippen LogP contribution in [0, 0.1) is 0 Å². The third-order valence-corrected chi connectivity index (χ3v) is 5.25. The zero-order valence-corrected chi connectivity index (χ0v) is 14.9. The fourth-order valence-corrected chi connectivity index (χ4v) is 4.04. The van der Waals surface area contributed by atoms with Gasteiger partial charge < -0.3 is 5.11 Å². The monoisotopic (exact) mass is 352 g/mol. The van der Waals surface area contributed by atoms with Crippen molar-refractivity contribution in [2.45, 2.75) is 11.8 Å². The maximum absolute atomic E-state index is 12.0. The molecule has 0 radical (unpaired) electrons. The Kier molecular flexibility index (Phi) is 4.47. The summed E-state index contributed by atoms with van der Waals surface area (Å²) in [5.74, 6) is -0.709. The van der Waals surface area contributed by atoms with Crippen molar-refractivity contribution in [3.63, 3.8) is 0 Å². The summed E-state index contributed by atoms with van der Waals surface area (Å²) in [5.41, 5.74) is 5.20. The molecule has 0 aromatic heterocycles. The molecule has 0 saturated carbocycles. The van der Waals surface area contributed by atoms with Gasteiger partial charge in [-0.1, -0.05) is 97.6 Å². The molecule has 3 aromatic rings. The van der Waals surface area contributed by atoms with Crippen LogP contribution in [0.3, 0.4) is 0 Å². The lowest BCUT2D eigenvalue weighted by Gasteiger charge is -2.32. The maximum atomic E-state index is 12.0. The minimum absolute atomic E-state index is 0.0607. The third kappa shape index (κ3) is 3.00.